The Labute approximate surface area is 121 Å². The lowest BCUT2D eigenvalue weighted by Gasteiger charge is -2.15. The zero-order valence-corrected chi connectivity index (χ0v) is 12.4. The minimum absolute atomic E-state index is 1.16. The quantitative estimate of drug-likeness (QED) is 0.629. The molecule has 0 N–H and O–H groups in total. The second-order valence-electron chi connectivity index (χ2n) is 5.47. The van der Waals surface area contributed by atoms with Gasteiger partial charge in [-0.3, -0.25) is 0 Å². The Morgan fingerprint density at radius 3 is 2.30 bits per heavy atom. The van der Waals surface area contributed by atoms with Crippen LogP contribution in [-0.4, -0.2) is 0 Å². The molecule has 0 amide bonds. The van der Waals surface area contributed by atoms with Crippen LogP contribution in [0.3, 0.4) is 0 Å². The number of hydrogen-bond donors (Lipinski definition) is 0. The highest BCUT2D eigenvalue weighted by Gasteiger charge is 2.22. The van der Waals surface area contributed by atoms with Gasteiger partial charge in [-0.1, -0.05) is 51.0 Å². The molecule has 0 saturated carbocycles. The monoisotopic (exact) mass is 261 g/mol. The van der Waals surface area contributed by atoms with E-state index in [9.17, 15) is 0 Å². The normalized spacial score (nSPS) is 12.5. The lowest BCUT2D eigenvalue weighted by molar-refractivity contribution is 0.866. The fourth-order valence-corrected chi connectivity index (χ4v) is 3.29. The number of hydrogen-bond acceptors (Lipinski definition) is 0. The smallest absolute Gasteiger partial charge is 0.0651 e. The standard InChI is InChI=1S/C20H21/c1-3-9-15-16(10-4-2)18-12-6-8-14-20(18)19-13-7-5-11-17(15)19/h5,7-8,11-14H,3-4,9-10H2,1-2H3/q+1. The first-order chi connectivity index (χ1) is 9.86. The molecule has 0 radical (unpaired) electrons. The summed E-state index contributed by atoms with van der Waals surface area (Å²) in [5, 5.41) is 2.83. The van der Waals surface area contributed by atoms with Crippen LogP contribution in [0.1, 0.15) is 48.9 Å². The zero-order valence-electron chi connectivity index (χ0n) is 12.4. The largest absolute Gasteiger partial charge is 0.111 e. The van der Waals surface area contributed by atoms with E-state index >= 15 is 0 Å². The predicted octanol–water partition coefficient (Wildman–Crippen LogP) is 5.59. The van der Waals surface area contributed by atoms with Crippen molar-refractivity contribution in [1.29, 1.82) is 0 Å². The lowest BCUT2D eigenvalue weighted by atomic mass is 9.84. The van der Waals surface area contributed by atoms with Crippen LogP contribution < -0.4 is 0 Å². The topological polar surface area (TPSA) is 0 Å². The molecule has 1 aliphatic carbocycles. The van der Waals surface area contributed by atoms with E-state index in [4.69, 9.17) is 0 Å². The molecule has 0 aliphatic heterocycles. The first-order valence-electron chi connectivity index (χ1n) is 7.69. The van der Waals surface area contributed by atoms with Crippen LogP contribution in [-0.2, 0) is 12.8 Å². The van der Waals surface area contributed by atoms with Crippen molar-refractivity contribution in [3.05, 3.63) is 58.7 Å². The Morgan fingerprint density at radius 2 is 1.55 bits per heavy atom. The van der Waals surface area contributed by atoms with Crippen molar-refractivity contribution >= 4 is 22.9 Å². The van der Waals surface area contributed by atoms with Gasteiger partial charge in [-0.15, -0.1) is 0 Å². The van der Waals surface area contributed by atoms with Gasteiger partial charge in [0.1, 0.15) is 17.7 Å². The predicted molar refractivity (Wildman–Crippen MR) is 88.7 cm³/mol. The molecule has 0 nitrogen and oxygen atoms in total. The van der Waals surface area contributed by atoms with E-state index in [0.717, 1.165) is 6.42 Å². The Morgan fingerprint density at radius 1 is 0.850 bits per heavy atom. The summed E-state index contributed by atoms with van der Waals surface area (Å²) in [6, 6.07) is 8.86. The van der Waals surface area contributed by atoms with Crippen molar-refractivity contribution in [3.8, 4) is 0 Å². The van der Waals surface area contributed by atoms with Crippen molar-refractivity contribution in [1.82, 2.24) is 0 Å². The number of benzene rings is 2. The Balaban J connectivity index is 2.40. The SMILES string of the molecule is CCCc1c2c(c3ccccc3c1CCC)C=C[C+]=C2. The molecule has 0 aromatic heterocycles. The Bertz CT molecular complexity index is 687. The van der Waals surface area contributed by atoms with Crippen LogP contribution in [0.4, 0.5) is 0 Å². The van der Waals surface area contributed by atoms with Crippen LogP contribution in [0.15, 0.2) is 30.3 Å². The van der Waals surface area contributed by atoms with Gasteiger partial charge in [-0.2, -0.15) is 0 Å². The van der Waals surface area contributed by atoms with Crippen LogP contribution in [0.2, 0.25) is 0 Å². The summed E-state index contributed by atoms with van der Waals surface area (Å²) in [5.41, 5.74) is 5.87. The summed E-state index contributed by atoms with van der Waals surface area (Å²) >= 11 is 0. The summed E-state index contributed by atoms with van der Waals surface area (Å²) in [5.74, 6) is 0. The van der Waals surface area contributed by atoms with Gasteiger partial charge in [0.25, 0.3) is 0 Å². The highest BCUT2D eigenvalue weighted by Crippen LogP contribution is 2.35. The molecule has 0 spiro atoms. The molecule has 3 rings (SSSR count). The summed E-state index contributed by atoms with van der Waals surface area (Å²) < 4.78 is 0. The van der Waals surface area contributed by atoms with E-state index in [2.05, 4.69) is 56.3 Å². The summed E-state index contributed by atoms with van der Waals surface area (Å²) in [6.07, 6.45) is 14.4. The summed E-state index contributed by atoms with van der Waals surface area (Å²) in [6.45, 7) is 4.54. The highest BCUT2D eigenvalue weighted by molar-refractivity contribution is 5.98. The van der Waals surface area contributed by atoms with Gasteiger partial charge < -0.3 is 0 Å². The number of rotatable bonds is 4. The van der Waals surface area contributed by atoms with E-state index in [-0.39, 0.29) is 0 Å². The maximum atomic E-state index is 3.27. The third-order valence-corrected chi connectivity index (χ3v) is 4.10. The minimum atomic E-state index is 1.16. The van der Waals surface area contributed by atoms with Gasteiger partial charge in [-0.05, 0) is 23.8 Å². The molecule has 100 valence electrons. The van der Waals surface area contributed by atoms with E-state index in [1.54, 1.807) is 11.1 Å². The first kappa shape index (κ1) is 13.1. The van der Waals surface area contributed by atoms with Gasteiger partial charge in [0.15, 0.2) is 0 Å². The highest BCUT2D eigenvalue weighted by atomic mass is 14.2. The minimum Gasteiger partial charge on any atom is -0.0651 e. The number of aryl methyl sites for hydroxylation is 1. The summed E-state index contributed by atoms with van der Waals surface area (Å²) in [4.78, 5) is 0. The molecule has 0 fully saturated rings. The van der Waals surface area contributed by atoms with Gasteiger partial charge in [0, 0.05) is 17.0 Å². The molecule has 20 heavy (non-hydrogen) atoms. The molecule has 2 aromatic carbocycles. The number of allylic oxidation sites excluding steroid dienone is 2. The molecular weight excluding hydrogens is 240 g/mol. The maximum absolute atomic E-state index is 3.27. The van der Waals surface area contributed by atoms with Crippen molar-refractivity contribution in [3.63, 3.8) is 0 Å². The molecule has 1 aliphatic rings. The first-order valence-corrected chi connectivity index (χ1v) is 7.69. The lowest BCUT2D eigenvalue weighted by Crippen LogP contribution is -2.03. The molecule has 0 bridgehead atoms. The second kappa shape index (κ2) is 5.61. The van der Waals surface area contributed by atoms with Crippen molar-refractivity contribution in [2.45, 2.75) is 39.5 Å². The van der Waals surface area contributed by atoms with Gasteiger partial charge in [0.2, 0.25) is 0 Å². The molecule has 0 heterocycles. The number of fused-ring (bicyclic) bond motifs is 3. The molecule has 0 unspecified atom stereocenters. The molecular formula is C20H21+. The van der Waals surface area contributed by atoms with Crippen LogP contribution in [0, 0.1) is 6.08 Å². The fraction of sp³-hybridized carbons (Fsp3) is 0.300. The fourth-order valence-electron chi connectivity index (χ4n) is 3.29. The van der Waals surface area contributed by atoms with E-state index in [1.165, 1.54) is 41.2 Å². The van der Waals surface area contributed by atoms with E-state index < -0.39 is 0 Å². The molecule has 2 aromatic rings. The summed E-state index contributed by atoms with van der Waals surface area (Å²) in [7, 11) is 0. The third kappa shape index (κ3) is 2.07. The average molecular weight is 261 g/mol. The van der Waals surface area contributed by atoms with Crippen LogP contribution in [0.5, 0.6) is 0 Å². The molecule has 0 saturated heterocycles. The Kier molecular flexibility index (Phi) is 3.67. The van der Waals surface area contributed by atoms with Gasteiger partial charge in [0.05, 0.1) is 11.6 Å². The zero-order chi connectivity index (χ0) is 13.9. The molecule has 0 atom stereocenters. The van der Waals surface area contributed by atoms with E-state index in [1.807, 2.05) is 6.08 Å². The van der Waals surface area contributed by atoms with Crippen LogP contribution in [0.25, 0.3) is 22.9 Å². The van der Waals surface area contributed by atoms with Gasteiger partial charge >= 0.3 is 0 Å². The van der Waals surface area contributed by atoms with Crippen molar-refractivity contribution in [2.24, 2.45) is 0 Å². The van der Waals surface area contributed by atoms with Crippen molar-refractivity contribution in [2.75, 3.05) is 0 Å². The van der Waals surface area contributed by atoms with Crippen molar-refractivity contribution < 1.29 is 0 Å². The maximum Gasteiger partial charge on any atom is 0.111 e. The van der Waals surface area contributed by atoms with Gasteiger partial charge in [-0.25, -0.2) is 0 Å². The third-order valence-electron chi connectivity index (χ3n) is 4.10. The Hall–Kier alpha value is -1.91. The molecule has 0 heteroatoms. The average Bonchev–Trinajstić information content (AvgIpc) is 2.51. The second-order valence-corrected chi connectivity index (χ2v) is 5.47. The van der Waals surface area contributed by atoms with E-state index in [0.29, 0.717) is 0 Å². The van der Waals surface area contributed by atoms with Crippen LogP contribution >= 0.6 is 0 Å².